The van der Waals surface area contributed by atoms with Gasteiger partial charge in [0, 0.05) is 0 Å². The van der Waals surface area contributed by atoms with Crippen molar-refractivity contribution in [1.82, 2.24) is 0 Å². The molecule has 2 rings (SSSR count). The quantitative estimate of drug-likeness (QED) is 0.907. The molecule has 1 aliphatic carbocycles. The third kappa shape index (κ3) is 3.24. The van der Waals surface area contributed by atoms with Gasteiger partial charge in [-0.25, -0.2) is 4.39 Å². The van der Waals surface area contributed by atoms with Crippen LogP contribution in [0, 0.1) is 29.0 Å². The number of hydrogen-bond donors (Lipinski definition) is 1. The lowest BCUT2D eigenvalue weighted by atomic mass is 9.80. The molecule has 0 heterocycles. The largest absolute Gasteiger partial charge is 0.492 e. The number of benzene rings is 1. The molecule has 2 N–H and O–H groups in total. The van der Waals surface area contributed by atoms with E-state index in [4.69, 9.17) is 15.7 Å². The van der Waals surface area contributed by atoms with Gasteiger partial charge in [-0.1, -0.05) is 18.9 Å². The van der Waals surface area contributed by atoms with Gasteiger partial charge in [0.05, 0.1) is 6.61 Å². The van der Waals surface area contributed by atoms with Crippen LogP contribution in [-0.4, -0.2) is 13.2 Å². The van der Waals surface area contributed by atoms with Crippen molar-refractivity contribution in [1.29, 1.82) is 5.26 Å². The van der Waals surface area contributed by atoms with E-state index in [2.05, 4.69) is 0 Å². The summed E-state index contributed by atoms with van der Waals surface area (Å²) in [5.41, 5.74) is 5.76. The van der Waals surface area contributed by atoms with Gasteiger partial charge >= 0.3 is 0 Å². The number of nitriles is 1. The van der Waals surface area contributed by atoms with Gasteiger partial charge in [0.1, 0.15) is 23.2 Å². The second kappa shape index (κ2) is 6.53. The minimum atomic E-state index is -0.529. The first-order valence-corrected chi connectivity index (χ1v) is 6.77. The van der Waals surface area contributed by atoms with Gasteiger partial charge in [0.15, 0.2) is 0 Å². The summed E-state index contributed by atoms with van der Waals surface area (Å²) in [4.78, 5) is 0. The Bertz CT molecular complexity index is 470. The molecule has 0 amide bonds. The highest BCUT2D eigenvalue weighted by Gasteiger charge is 2.24. The summed E-state index contributed by atoms with van der Waals surface area (Å²) in [5.74, 6) is 0.698. The van der Waals surface area contributed by atoms with Crippen molar-refractivity contribution in [3.8, 4) is 11.8 Å². The molecule has 2 atom stereocenters. The maximum Gasteiger partial charge on any atom is 0.144 e. The van der Waals surface area contributed by atoms with Crippen molar-refractivity contribution in [2.45, 2.75) is 25.7 Å². The van der Waals surface area contributed by atoms with Crippen LogP contribution in [0.15, 0.2) is 18.2 Å². The second-order valence-electron chi connectivity index (χ2n) is 5.08. The highest BCUT2D eigenvalue weighted by molar-refractivity contribution is 5.43. The Morgan fingerprint density at radius 2 is 2.05 bits per heavy atom. The molecule has 1 fully saturated rings. The Kier molecular flexibility index (Phi) is 4.75. The maximum absolute atomic E-state index is 13.4. The van der Waals surface area contributed by atoms with E-state index in [0.717, 1.165) is 12.8 Å². The first-order chi connectivity index (χ1) is 9.26. The standard InChI is InChI=1S/C15H19FN2O/c16-14-6-3-7-15(13(14)9-18)19-10-12-5-2-1-4-11(12)8-17/h3,6-7,11-12H,1-2,4-5,8,10,17H2. The maximum atomic E-state index is 13.4. The van der Waals surface area contributed by atoms with E-state index in [0.29, 0.717) is 30.7 Å². The van der Waals surface area contributed by atoms with Gasteiger partial charge in [-0.05, 0) is 43.4 Å². The Morgan fingerprint density at radius 1 is 1.32 bits per heavy atom. The van der Waals surface area contributed by atoms with E-state index in [1.807, 2.05) is 6.07 Å². The zero-order chi connectivity index (χ0) is 13.7. The van der Waals surface area contributed by atoms with Gasteiger partial charge in [-0.3, -0.25) is 0 Å². The average Bonchev–Trinajstić information content (AvgIpc) is 2.45. The van der Waals surface area contributed by atoms with Gasteiger partial charge in [-0.15, -0.1) is 0 Å². The molecule has 3 nitrogen and oxygen atoms in total. The monoisotopic (exact) mass is 262 g/mol. The molecule has 1 aliphatic rings. The molecule has 0 bridgehead atoms. The molecule has 1 aromatic rings. The summed E-state index contributed by atoms with van der Waals surface area (Å²) < 4.78 is 19.1. The summed E-state index contributed by atoms with van der Waals surface area (Å²) in [7, 11) is 0. The van der Waals surface area contributed by atoms with Crippen LogP contribution < -0.4 is 10.5 Å². The molecule has 4 heteroatoms. The van der Waals surface area contributed by atoms with Crippen LogP contribution in [0.25, 0.3) is 0 Å². The Hall–Kier alpha value is -1.60. The van der Waals surface area contributed by atoms with Gasteiger partial charge in [-0.2, -0.15) is 5.26 Å². The number of ether oxygens (including phenoxy) is 1. The Morgan fingerprint density at radius 3 is 2.74 bits per heavy atom. The number of nitrogens with zero attached hydrogens (tertiary/aromatic N) is 1. The minimum absolute atomic E-state index is 0.0115. The number of halogens is 1. The van der Waals surface area contributed by atoms with E-state index in [9.17, 15) is 4.39 Å². The van der Waals surface area contributed by atoms with Crippen LogP contribution in [-0.2, 0) is 0 Å². The minimum Gasteiger partial charge on any atom is -0.492 e. The highest BCUT2D eigenvalue weighted by atomic mass is 19.1. The second-order valence-corrected chi connectivity index (χ2v) is 5.08. The Balaban J connectivity index is 2.02. The molecular weight excluding hydrogens is 243 g/mol. The Labute approximate surface area is 113 Å². The number of hydrogen-bond acceptors (Lipinski definition) is 3. The lowest BCUT2D eigenvalue weighted by Crippen LogP contribution is -2.30. The van der Waals surface area contributed by atoms with Crippen molar-refractivity contribution in [2.24, 2.45) is 17.6 Å². The fourth-order valence-corrected chi connectivity index (χ4v) is 2.74. The lowest BCUT2D eigenvalue weighted by Gasteiger charge is -2.30. The van der Waals surface area contributed by atoms with E-state index in [1.165, 1.54) is 18.9 Å². The van der Waals surface area contributed by atoms with Crippen LogP contribution in [0.1, 0.15) is 31.2 Å². The molecule has 0 aliphatic heterocycles. The molecule has 0 saturated heterocycles. The molecule has 0 spiro atoms. The first-order valence-electron chi connectivity index (χ1n) is 6.77. The van der Waals surface area contributed by atoms with Crippen molar-refractivity contribution >= 4 is 0 Å². The van der Waals surface area contributed by atoms with Crippen molar-refractivity contribution < 1.29 is 9.13 Å². The topological polar surface area (TPSA) is 59.0 Å². The smallest absolute Gasteiger partial charge is 0.144 e. The van der Waals surface area contributed by atoms with Crippen molar-refractivity contribution in [3.05, 3.63) is 29.6 Å². The molecule has 0 aromatic heterocycles. The molecule has 2 unspecified atom stereocenters. The van der Waals surface area contributed by atoms with E-state index in [-0.39, 0.29) is 5.56 Å². The van der Waals surface area contributed by atoms with Crippen molar-refractivity contribution in [3.63, 3.8) is 0 Å². The average molecular weight is 262 g/mol. The van der Waals surface area contributed by atoms with Crippen LogP contribution >= 0.6 is 0 Å². The third-order valence-corrected chi connectivity index (χ3v) is 3.91. The zero-order valence-corrected chi connectivity index (χ0v) is 10.9. The van der Waals surface area contributed by atoms with E-state index < -0.39 is 5.82 Å². The van der Waals surface area contributed by atoms with Crippen LogP contribution in [0.4, 0.5) is 4.39 Å². The number of rotatable bonds is 4. The van der Waals surface area contributed by atoms with E-state index in [1.54, 1.807) is 12.1 Å². The predicted octanol–water partition coefficient (Wildman–Crippen LogP) is 2.84. The van der Waals surface area contributed by atoms with Gasteiger partial charge in [0.2, 0.25) is 0 Å². The lowest BCUT2D eigenvalue weighted by molar-refractivity contribution is 0.152. The molecule has 1 saturated carbocycles. The number of nitrogens with two attached hydrogens (primary N) is 1. The molecular formula is C15H19FN2O. The summed E-state index contributed by atoms with van der Waals surface area (Å²) in [5, 5.41) is 8.94. The summed E-state index contributed by atoms with van der Waals surface area (Å²) >= 11 is 0. The summed E-state index contributed by atoms with van der Waals surface area (Å²) in [6.45, 7) is 1.18. The van der Waals surface area contributed by atoms with Crippen LogP contribution in [0.2, 0.25) is 0 Å². The molecule has 102 valence electrons. The summed E-state index contributed by atoms with van der Waals surface area (Å²) in [6, 6.07) is 6.33. The fraction of sp³-hybridized carbons (Fsp3) is 0.533. The van der Waals surface area contributed by atoms with Crippen LogP contribution in [0.5, 0.6) is 5.75 Å². The summed E-state index contributed by atoms with van der Waals surface area (Å²) in [6.07, 6.45) is 4.65. The predicted molar refractivity (Wildman–Crippen MR) is 71.1 cm³/mol. The molecule has 0 radical (unpaired) electrons. The zero-order valence-electron chi connectivity index (χ0n) is 10.9. The highest BCUT2D eigenvalue weighted by Crippen LogP contribution is 2.30. The first kappa shape index (κ1) is 13.8. The molecule has 19 heavy (non-hydrogen) atoms. The third-order valence-electron chi connectivity index (χ3n) is 3.91. The fourth-order valence-electron chi connectivity index (χ4n) is 2.74. The SMILES string of the molecule is N#Cc1c(F)cccc1OCC1CCCCC1CN. The van der Waals surface area contributed by atoms with Gasteiger partial charge in [0.25, 0.3) is 0 Å². The van der Waals surface area contributed by atoms with Gasteiger partial charge < -0.3 is 10.5 Å². The van der Waals surface area contributed by atoms with Crippen molar-refractivity contribution in [2.75, 3.05) is 13.2 Å². The van der Waals surface area contributed by atoms with E-state index >= 15 is 0 Å². The molecule has 1 aromatic carbocycles. The normalized spacial score (nSPS) is 22.8. The van der Waals surface area contributed by atoms with Crippen LogP contribution in [0.3, 0.4) is 0 Å².